The van der Waals surface area contributed by atoms with E-state index < -0.39 is 10.0 Å². The van der Waals surface area contributed by atoms with Crippen LogP contribution in [0.1, 0.15) is 28.1 Å². The number of carbonyl (C=O) groups excluding carboxylic acids is 1. The van der Waals surface area contributed by atoms with Crippen molar-refractivity contribution in [2.24, 2.45) is 0 Å². The average Bonchev–Trinajstić information content (AvgIpc) is 3.32. The van der Waals surface area contributed by atoms with E-state index in [0.29, 0.717) is 17.1 Å². The number of sulfonamides is 1. The van der Waals surface area contributed by atoms with E-state index in [2.05, 4.69) is 10.0 Å². The largest absolute Gasteiger partial charge is 0.347 e. The van der Waals surface area contributed by atoms with Crippen LogP contribution in [0.2, 0.25) is 5.02 Å². The zero-order chi connectivity index (χ0) is 19.3. The van der Waals surface area contributed by atoms with Gasteiger partial charge in [0.1, 0.15) is 4.21 Å². The van der Waals surface area contributed by atoms with Crippen LogP contribution in [0.15, 0.2) is 40.6 Å². The molecule has 1 aromatic carbocycles. The summed E-state index contributed by atoms with van der Waals surface area (Å²) in [6.45, 7) is 3.78. The van der Waals surface area contributed by atoms with Gasteiger partial charge < -0.3 is 10.2 Å². The summed E-state index contributed by atoms with van der Waals surface area (Å²) in [6.07, 6.45) is 2.44. The number of rotatable bonds is 8. The highest BCUT2D eigenvalue weighted by atomic mass is 35.5. The lowest BCUT2D eigenvalue weighted by Gasteiger charge is -2.12. The maximum atomic E-state index is 12.4. The SMILES string of the molecule is O=C(NCc1ccc(S(=O)(=O)NCC[NH+]2CCCC2)s1)c1ccc(Cl)cc1. The first kappa shape index (κ1) is 20.3. The van der Waals surface area contributed by atoms with Gasteiger partial charge in [-0.2, -0.15) is 0 Å². The molecule has 0 atom stereocenters. The normalized spacial score (nSPS) is 15.1. The number of hydrogen-bond donors (Lipinski definition) is 3. The molecule has 0 saturated carbocycles. The van der Waals surface area contributed by atoms with Gasteiger partial charge in [0.05, 0.1) is 32.7 Å². The fourth-order valence-corrected chi connectivity index (χ4v) is 5.52. The number of amides is 1. The predicted molar refractivity (Wildman–Crippen MR) is 107 cm³/mol. The van der Waals surface area contributed by atoms with Gasteiger partial charge in [0.2, 0.25) is 10.0 Å². The van der Waals surface area contributed by atoms with Crippen molar-refractivity contribution in [3.8, 4) is 0 Å². The quantitative estimate of drug-likeness (QED) is 0.592. The average molecular weight is 429 g/mol. The molecule has 0 spiro atoms. The van der Waals surface area contributed by atoms with Crippen LogP contribution in [-0.4, -0.2) is 40.5 Å². The summed E-state index contributed by atoms with van der Waals surface area (Å²) in [5.74, 6) is -0.226. The highest BCUT2D eigenvalue weighted by molar-refractivity contribution is 7.91. The second kappa shape index (κ2) is 9.16. The Bertz CT molecular complexity index is 876. The van der Waals surface area contributed by atoms with E-state index in [-0.39, 0.29) is 16.7 Å². The van der Waals surface area contributed by atoms with Gasteiger partial charge in [0.25, 0.3) is 5.91 Å². The third kappa shape index (κ3) is 5.76. The van der Waals surface area contributed by atoms with Gasteiger partial charge in [-0.15, -0.1) is 11.3 Å². The molecular weight excluding hydrogens is 406 g/mol. The van der Waals surface area contributed by atoms with E-state index in [1.54, 1.807) is 36.4 Å². The standard InChI is InChI=1S/C18H22ClN3O3S2/c19-15-5-3-14(4-6-15)18(23)20-13-16-7-8-17(26-16)27(24,25)21-9-12-22-10-1-2-11-22/h3-8,21H,1-2,9-13H2,(H,20,23)/p+1. The number of benzene rings is 1. The summed E-state index contributed by atoms with van der Waals surface area (Å²) >= 11 is 6.98. The number of likely N-dealkylation sites (tertiary alicyclic amines) is 1. The Kier molecular flexibility index (Phi) is 6.88. The summed E-state index contributed by atoms with van der Waals surface area (Å²) in [6, 6.07) is 9.92. The number of halogens is 1. The number of quaternary nitrogens is 1. The second-order valence-corrected chi connectivity index (χ2v) is 10.1. The highest BCUT2D eigenvalue weighted by Crippen LogP contribution is 2.21. The molecule has 9 heteroatoms. The molecule has 27 heavy (non-hydrogen) atoms. The molecule has 3 N–H and O–H groups in total. The van der Waals surface area contributed by atoms with Crippen molar-refractivity contribution >= 4 is 38.9 Å². The third-order valence-electron chi connectivity index (χ3n) is 4.51. The molecule has 146 valence electrons. The molecule has 1 aromatic heterocycles. The first-order valence-corrected chi connectivity index (χ1v) is 11.6. The molecule has 2 aromatic rings. The topological polar surface area (TPSA) is 79.7 Å². The van der Waals surface area contributed by atoms with Gasteiger partial charge in [-0.3, -0.25) is 4.79 Å². The number of carbonyl (C=O) groups is 1. The Labute approximate surface area is 168 Å². The van der Waals surface area contributed by atoms with Gasteiger partial charge in [0, 0.05) is 28.3 Å². The molecule has 3 rings (SSSR count). The van der Waals surface area contributed by atoms with Gasteiger partial charge in [-0.25, -0.2) is 13.1 Å². The minimum absolute atomic E-state index is 0.226. The lowest BCUT2D eigenvalue weighted by molar-refractivity contribution is -0.886. The molecule has 1 amide bonds. The van der Waals surface area contributed by atoms with E-state index in [1.165, 1.54) is 29.1 Å². The molecule has 0 aliphatic carbocycles. The van der Waals surface area contributed by atoms with E-state index in [0.717, 1.165) is 24.5 Å². The van der Waals surface area contributed by atoms with Crippen LogP contribution in [-0.2, 0) is 16.6 Å². The summed E-state index contributed by atoms with van der Waals surface area (Å²) < 4.78 is 27.7. The fraction of sp³-hybridized carbons (Fsp3) is 0.389. The van der Waals surface area contributed by atoms with Crippen LogP contribution in [0.25, 0.3) is 0 Å². The van der Waals surface area contributed by atoms with E-state index >= 15 is 0 Å². The van der Waals surface area contributed by atoms with Crippen LogP contribution in [0.5, 0.6) is 0 Å². The second-order valence-electron chi connectivity index (χ2n) is 6.52. The monoisotopic (exact) mass is 428 g/mol. The summed E-state index contributed by atoms with van der Waals surface area (Å²) in [5, 5.41) is 3.36. The maximum Gasteiger partial charge on any atom is 0.251 e. The Hall–Kier alpha value is -1.45. The lowest BCUT2D eigenvalue weighted by atomic mass is 10.2. The molecule has 0 bridgehead atoms. The Morgan fingerprint density at radius 2 is 1.81 bits per heavy atom. The third-order valence-corrected chi connectivity index (χ3v) is 7.80. The molecule has 1 saturated heterocycles. The van der Waals surface area contributed by atoms with Crippen LogP contribution >= 0.6 is 22.9 Å². The minimum Gasteiger partial charge on any atom is -0.347 e. The number of thiophene rings is 1. The lowest BCUT2D eigenvalue weighted by Crippen LogP contribution is -3.10. The van der Waals surface area contributed by atoms with Crippen LogP contribution in [0.4, 0.5) is 0 Å². The molecule has 0 radical (unpaired) electrons. The summed E-state index contributed by atoms with van der Waals surface area (Å²) in [7, 11) is -3.50. The van der Waals surface area contributed by atoms with Gasteiger partial charge in [-0.05, 0) is 36.4 Å². The van der Waals surface area contributed by atoms with E-state index in [1.807, 2.05) is 0 Å². The van der Waals surface area contributed by atoms with Gasteiger partial charge in [0.15, 0.2) is 0 Å². The van der Waals surface area contributed by atoms with Gasteiger partial charge >= 0.3 is 0 Å². The Morgan fingerprint density at radius 1 is 1.11 bits per heavy atom. The zero-order valence-corrected chi connectivity index (χ0v) is 17.2. The van der Waals surface area contributed by atoms with E-state index in [9.17, 15) is 13.2 Å². The molecule has 1 aliphatic heterocycles. The molecular formula is C18H23ClN3O3S2+. The van der Waals surface area contributed by atoms with Crippen LogP contribution in [0, 0.1) is 0 Å². The van der Waals surface area contributed by atoms with Crippen molar-refractivity contribution in [3.05, 3.63) is 51.9 Å². The smallest absolute Gasteiger partial charge is 0.251 e. The van der Waals surface area contributed by atoms with Crippen molar-refractivity contribution in [1.29, 1.82) is 0 Å². The first-order valence-electron chi connectivity index (χ1n) is 8.90. The number of hydrogen-bond acceptors (Lipinski definition) is 4. The Balaban J connectivity index is 1.50. The molecule has 1 fully saturated rings. The maximum absolute atomic E-state index is 12.4. The zero-order valence-electron chi connectivity index (χ0n) is 14.8. The van der Waals surface area contributed by atoms with Crippen LogP contribution in [0.3, 0.4) is 0 Å². The van der Waals surface area contributed by atoms with Crippen LogP contribution < -0.4 is 14.9 Å². The summed E-state index contributed by atoms with van der Waals surface area (Å²) in [4.78, 5) is 14.4. The molecule has 6 nitrogen and oxygen atoms in total. The minimum atomic E-state index is -3.50. The van der Waals surface area contributed by atoms with Crippen molar-refractivity contribution < 1.29 is 18.1 Å². The van der Waals surface area contributed by atoms with Crippen molar-refractivity contribution in [2.45, 2.75) is 23.6 Å². The highest BCUT2D eigenvalue weighted by Gasteiger charge is 2.19. The molecule has 0 unspecified atom stereocenters. The molecule has 1 aliphatic rings. The molecule has 2 heterocycles. The first-order chi connectivity index (χ1) is 12.9. The fourth-order valence-electron chi connectivity index (χ4n) is 3.03. The number of nitrogens with one attached hydrogen (secondary N) is 3. The van der Waals surface area contributed by atoms with E-state index in [4.69, 9.17) is 11.6 Å². The van der Waals surface area contributed by atoms with Crippen molar-refractivity contribution in [2.75, 3.05) is 26.2 Å². The Morgan fingerprint density at radius 3 is 2.52 bits per heavy atom. The summed E-state index contributed by atoms with van der Waals surface area (Å²) in [5.41, 5.74) is 0.509. The van der Waals surface area contributed by atoms with Crippen molar-refractivity contribution in [1.82, 2.24) is 10.0 Å². The van der Waals surface area contributed by atoms with Gasteiger partial charge in [-0.1, -0.05) is 11.6 Å². The van der Waals surface area contributed by atoms with Crippen molar-refractivity contribution in [3.63, 3.8) is 0 Å². The predicted octanol–water partition coefficient (Wildman–Crippen LogP) is 1.29.